The fraction of sp³-hybridized carbons (Fsp3) is 0.182. The van der Waals surface area contributed by atoms with Gasteiger partial charge in [0.25, 0.3) is 0 Å². The second-order valence-electron chi connectivity index (χ2n) is 3.21. The van der Waals surface area contributed by atoms with E-state index in [-0.39, 0.29) is 4.87 Å². The summed E-state index contributed by atoms with van der Waals surface area (Å²) >= 11 is 1.26. The molecule has 1 aromatic carbocycles. The molecule has 0 radical (unpaired) electrons. The molecule has 0 aliphatic carbocycles. The summed E-state index contributed by atoms with van der Waals surface area (Å²) in [6.07, 6.45) is 0. The first-order chi connectivity index (χ1) is 6.77. The summed E-state index contributed by atoms with van der Waals surface area (Å²) in [5, 5.41) is 1.89. The Morgan fingerprint density at radius 1 is 1.29 bits per heavy atom. The van der Waals surface area contributed by atoms with Gasteiger partial charge >= 0.3 is 4.87 Å². The van der Waals surface area contributed by atoms with Gasteiger partial charge in [-0.1, -0.05) is 41.7 Å². The predicted octanol–water partition coefficient (Wildman–Crippen LogP) is 2.27. The van der Waals surface area contributed by atoms with Gasteiger partial charge in [-0.3, -0.25) is 9.36 Å². The zero-order valence-electron chi connectivity index (χ0n) is 7.93. The Labute approximate surface area is 86.4 Å². The average molecular weight is 205 g/mol. The maximum Gasteiger partial charge on any atom is 0.307 e. The van der Waals surface area contributed by atoms with Gasteiger partial charge in [0.1, 0.15) is 0 Å². The van der Waals surface area contributed by atoms with E-state index < -0.39 is 0 Å². The van der Waals surface area contributed by atoms with Crippen LogP contribution in [0.15, 0.2) is 40.5 Å². The summed E-state index contributed by atoms with van der Waals surface area (Å²) in [4.78, 5) is 11.5. The van der Waals surface area contributed by atoms with Crippen LogP contribution in [0.3, 0.4) is 0 Å². The second-order valence-corrected chi connectivity index (χ2v) is 4.04. The largest absolute Gasteiger partial charge is 0.307 e. The molecule has 2 aromatic rings. The molecule has 72 valence electrons. The molecule has 0 fully saturated rings. The third kappa shape index (κ3) is 1.77. The Hall–Kier alpha value is -1.35. The third-order valence-corrected chi connectivity index (χ3v) is 3.04. The molecule has 14 heavy (non-hydrogen) atoms. The van der Waals surface area contributed by atoms with E-state index >= 15 is 0 Å². The van der Waals surface area contributed by atoms with Crippen LogP contribution in [0.1, 0.15) is 11.3 Å². The number of aromatic nitrogens is 1. The number of rotatable bonds is 2. The van der Waals surface area contributed by atoms with Crippen molar-refractivity contribution < 1.29 is 0 Å². The minimum absolute atomic E-state index is 0.117. The Bertz CT molecular complexity index is 470. The van der Waals surface area contributed by atoms with Gasteiger partial charge in [-0.25, -0.2) is 0 Å². The number of hydrogen-bond acceptors (Lipinski definition) is 2. The Kier molecular flexibility index (Phi) is 2.50. The number of hydrogen-bond donors (Lipinski definition) is 0. The number of aryl methyl sites for hydroxylation is 1. The second kappa shape index (κ2) is 3.80. The van der Waals surface area contributed by atoms with Crippen molar-refractivity contribution in [2.24, 2.45) is 0 Å². The van der Waals surface area contributed by atoms with E-state index in [1.165, 1.54) is 11.3 Å². The quantitative estimate of drug-likeness (QED) is 0.737. The van der Waals surface area contributed by atoms with Crippen LogP contribution in [-0.4, -0.2) is 4.57 Å². The molecule has 1 aromatic heterocycles. The lowest BCUT2D eigenvalue weighted by Crippen LogP contribution is -2.15. The number of thiazole rings is 1. The van der Waals surface area contributed by atoms with Crippen LogP contribution in [0.2, 0.25) is 0 Å². The molecule has 0 saturated carbocycles. The highest BCUT2D eigenvalue weighted by Crippen LogP contribution is 2.05. The summed E-state index contributed by atoms with van der Waals surface area (Å²) in [6.45, 7) is 2.63. The summed E-state index contributed by atoms with van der Waals surface area (Å²) in [5.41, 5.74) is 2.19. The topological polar surface area (TPSA) is 22.0 Å². The van der Waals surface area contributed by atoms with Gasteiger partial charge in [0.15, 0.2) is 0 Å². The minimum atomic E-state index is 0.117. The zero-order chi connectivity index (χ0) is 9.97. The van der Waals surface area contributed by atoms with E-state index in [1.807, 2.05) is 42.6 Å². The maximum absolute atomic E-state index is 11.4. The molecule has 2 rings (SSSR count). The molecule has 0 spiro atoms. The normalized spacial score (nSPS) is 10.4. The lowest BCUT2D eigenvalue weighted by atomic mass is 10.2. The molecule has 0 N–H and O–H groups in total. The summed E-state index contributed by atoms with van der Waals surface area (Å²) in [5.74, 6) is 0. The molecule has 2 nitrogen and oxygen atoms in total. The van der Waals surface area contributed by atoms with Crippen molar-refractivity contribution in [3.05, 3.63) is 56.6 Å². The fourth-order valence-electron chi connectivity index (χ4n) is 1.36. The van der Waals surface area contributed by atoms with Crippen LogP contribution in [0.5, 0.6) is 0 Å². The van der Waals surface area contributed by atoms with Crippen LogP contribution in [0.25, 0.3) is 0 Å². The average Bonchev–Trinajstić information content (AvgIpc) is 2.51. The third-order valence-electron chi connectivity index (χ3n) is 2.16. The Morgan fingerprint density at radius 3 is 2.57 bits per heavy atom. The lowest BCUT2D eigenvalue weighted by Gasteiger charge is -2.03. The van der Waals surface area contributed by atoms with Crippen LogP contribution >= 0.6 is 11.3 Å². The van der Waals surface area contributed by atoms with Gasteiger partial charge in [-0.2, -0.15) is 0 Å². The highest BCUT2D eigenvalue weighted by atomic mass is 32.1. The molecule has 0 unspecified atom stereocenters. The van der Waals surface area contributed by atoms with Crippen molar-refractivity contribution in [2.45, 2.75) is 13.5 Å². The molecule has 0 bridgehead atoms. The molecule has 0 atom stereocenters. The zero-order valence-corrected chi connectivity index (χ0v) is 8.75. The van der Waals surface area contributed by atoms with Crippen molar-refractivity contribution in [2.75, 3.05) is 0 Å². The summed E-state index contributed by atoms with van der Waals surface area (Å²) in [7, 11) is 0. The number of nitrogens with zero attached hydrogens (tertiary/aromatic N) is 1. The minimum Gasteiger partial charge on any atom is -0.299 e. The first-order valence-electron chi connectivity index (χ1n) is 4.46. The van der Waals surface area contributed by atoms with Crippen LogP contribution < -0.4 is 4.87 Å². The van der Waals surface area contributed by atoms with Crippen molar-refractivity contribution >= 4 is 11.3 Å². The van der Waals surface area contributed by atoms with Gasteiger partial charge in [0.2, 0.25) is 0 Å². The number of benzene rings is 1. The molecule has 0 amide bonds. The molecule has 0 aliphatic rings. The van der Waals surface area contributed by atoms with Crippen molar-refractivity contribution in [3.63, 3.8) is 0 Å². The van der Waals surface area contributed by atoms with Crippen LogP contribution in [0.4, 0.5) is 0 Å². The smallest absolute Gasteiger partial charge is 0.299 e. The van der Waals surface area contributed by atoms with Crippen LogP contribution in [0, 0.1) is 6.92 Å². The van der Waals surface area contributed by atoms with Crippen molar-refractivity contribution in [1.29, 1.82) is 0 Å². The standard InChI is InChI=1S/C11H11NOS/c1-9-8-14-11(13)12(9)7-10-5-3-2-4-6-10/h2-6,8H,7H2,1H3. The fourth-order valence-corrected chi connectivity index (χ4v) is 2.10. The van der Waals surface area contributed by atoms with E-state index in [0.717, 1.165) is 11.3 Å². The summed E-state index contributed by atoms with van der Waals surface area (Å²) < 4.78 is 1.79. The van der Waals surface area contributed by atoms with Gasteiger partial charge in [-0.15, -0.1) is 0 Å². The van der Waals surface area contributed by atoms with E-state index in [4.69, 9.17) is 0 Å². The highest BCUT2D eigenvalue weighted by Gasteiger charge is 2.02. The van der Waals surface area contributed by atoms with E-state index in [0.29, 0.717) is 6.54 Å². The molecule has 0 aliphatic heterocycles. The lowest BCUT2D eigenvalue weighted by molar-refractivity contribution is 0.755. The molecule has 3 heteroatoms. The monoisotopic (exact) mass is 205 g/mol. The van der Waals surface area contributed by atoms with E-state index in [1.54, 1.807) is 4.57 Å². The molecule has 0 saturated heterocycles. The predicted molar refractivity (Wildman–Crippen MR) is 58.9 cm³/mol. The van der Waals surface area contributed by atoms with Crippen LogP contribution in [-0.2, 0) is 6.54 Å². The molecule has 1 heterocycles. The Balaban J connectivity index is 2.32. The van der Waals surface area contributed by atoms with E-state index in [9.17, 15) is 4.79 Å². The van der Waals surface area contributed by atoms with Gasteiger partial charge in [0.05, 0.1) is 6.54 Å². The molecular weight excluding hydrogens is 194 g/mol. The SMILES string of the molecule is Cc1csc(=O)n1Cc1ccccc1. The van der Waals surface area contributed by atoms with Crippen molar-refractivity contribution in [3.8, 4) is 0 Å². The Morgan fingerprint density at radius 2 is 2.00 bits per heavy atom. The van der Waals surface area contributed by atoms with Crippen molar-refractivity contribution in [1.82, 2.24) is 4.57 Å². The molecular formula is C11H11NOS. The van der Waals surface area contributed by atoms with Gasteiger partial charge in [-0.05, 0) is 12.5 Å². The summed E-state index contributed by atoms with van der Waals surface area (Å²) in [6, 6.07) is 10.0. The highest BCUT2D eigenvalue weighted by molar-refractivity contribution is 7.07. The van der Waals surface area contributed by atoms with E-state index in [2.05, 4.69) is 0 Å². The van der Waals surface area contributed by atoms with Gasteiger partial charge in [0, 0.05) is 11.1 Å². The maximum atomic E-state index is 11.4. The first-order valence-corrected chi connectivity index (χ1v) is 5.34. The first kappa shape index (κ1) is 9.21. The van der Waals surface area contributed by atoms with Gasteiger partial charge < -0.3 is 0 Å².